The number of pyridine rings is 1. The molecule has 1 aliphatic heterocycles. The van der Waals surface area contributed by atoms with E-state index in [1.54, 1.807) is 35.0 Å². The van der Waals surface area contributed by atoms with E-state index in [9.17, 15) is 14.7 Å². The fraction of sp³-hybridized carbons (Fsp3) is 0.455. The van der Waals surface area contributed by atoms with Crippen LogP contribution in [0.4, 0.5) is 0 Å². The first-order valence-electron chi connectivity index (χ1n) is 10.0. The SMILES string of the molecule is O=C(CCn1ccccc1=O)N1C[C@H]2C[C@@H](Oc3cccc(Cl)c3)[C@H](O)C[C@H]2C1. The second-order valence-electron chi connectivity index (χ2n) is 7.95. The van der Waals surface area contributed by atoms with Gasteiger partial charge in [-0.15, -0.1) is 0 Å². The molecule has 1 N–H and O–H groups in total. The van der Waals surface area contributed by atoms with Crippen LogP contribution in [0.5, 0.6) is 5.75 Å². The summed E-state index contributed by atoms with van der Waals surface area (Å²) in [5.41, 5.74) is -0.0977. The highest BCUT2D eigenvalue weighted by Crippen LogP contribution is 2.38. The Hall–Kier alpha value is -2.31. The number of carbonyl (C=O) groups excluding carboxylic acids is 1. The number of amides is 1. The Morgan fingerprint density at radius 1 is 1.14 bits per heavy atom. The zero-order chi connectivity index (χ0) is 20.4. The van der Waals surface area contributed by atoms with E-state index in [-0.39, 0.29) is 23.5 Å². The Morgan fingerprint density at radius 2 is 1.93 bits per heavy atom. The van der Waals surface area contributed by atoms with E-state index >= 15 is 0 Å². The van der Waals surface area contributed by atoms with Crippen LogP contribution >= 0.6 is 11.6 Å². The molecule has 6 nitrogen and oxygen atoms in total. The van der Waals surface area contributed by atoms with Crippen LogP contribution in [-0.4, -0.2) is 45.8 Å². The molecule has 2 aliphatic rings. The van der Waals surface area contributed by atoms with Crippen molar-refractivity contribution >= 4 is 17.5 Å². The van der Waals surface area contributed by atoms with E-state index in [2.05, 4.69) is 0 Å². The third kappa shape index (κ3) is 4.65. The van der Waals surface area contributed by atoms with Gasteiger partial charge in [0.1, 0.15) is 11.9 Å². The van der Waals surface area contributed by atoms with Crippen molar-refractivity contribution < 1.29 is 14.6 Å². The van der Waals surface area contributed by atoms with Gasteiger partial charge in [-0.05, 0) is 48.9 Å². The molecule has 2 heterocycles. The van der Waals surface area contributed by atoms with Gasteiger partial charge in [0.2, 0.25) is 5.91 Å². The third-order valence-corrected chi connectivity index (χ3v) is 6.22. The summed E-state index contributed by atoms with van der Waals surface area (Å²) in [7, 11) is 0. The Bertz CT molecular complexity index is 931. The average molecular weight is 417 g/mol. The molecule has 2 fully saturated rings. The molecule has 0 radical (unpaired) electrons. The Balaban J connectivity index is 1.34. The molecule has 4 rings (SSSR count). The number of fused-ring (bicyclic) bond motifs is 1. The van der Waals surface area contributed by atoms with Crippen molar-refractivity contribution in [3.8, 4) is 5.75 Å². The van der Waals surface area contributed by atoms with E-state index in [1.807, 2.05) is 17.0 Å². The van der Waals surface area contributed by atoms with Crippen LogP contribution in [0.15, 0.2) is 53.5 Å². The van der Waals surface area contributed by atoms with Crippen LogP contribution in [0.3, 0.4) is 0 Å². The lowest BCUT2D eigenvalue weighted by atomic mass is 9.78. The van der Waals surface area contributed by atoms with Crippen LogP contribution in [0, 0.1) is 11.8 Å². The van der Waals surface area contributed by atoms with Gasteiger partial charge >= 0.3 is 0 Å². The van der Waals surface area contributed by atoms with E-state index in [0.717, 1.165) is 0 Å². The van der Waals surface area contributed by atoms with Crippen molar-refractivity contribution in [3.05, 3.63) is 64.0 Å². The number of benzene rings is 1. The van der Waals surface area contributed by atoms with Gasteiger partial charge in [-0.1, -0.05) is 23.7 Å². The molecule has 7 heteroatoms. The standard InChI is InChI=1S/C22H25ClN2O4/c23-17-4-3-5-18(12-17)29-20-11-16-14-25(13-15(16)10-19(20)26)22(28)7-9-24-8-2-1-6-21(24)27/h1-6,8,12,15-16,19-20,26H,7,9-11,13-14H2/t15-,16+,19+,20+/m0/s1. The monoisotopic (exact) mass is 416 g/mol. The molecule has 2 aromatic rings. The van der Waals surface area contributed by atoms with Crippen LogP contribution in [-0.2, 0) is 11.3 Å². The summed E-state index contributed by atoms with van der Waals surface area (Å²) >= 11 is 6.02. The summed E-state index contributed by atoms with van der Waals surface area (Å²) in [6, 6.07) is 12.2. The fourth-order valence-corrected chi connectivity index (χ4v) is 4.64. The van der Waals surface area contributed by atoms with Crippen molar-refractivity contribution in [2.75, 3.05) is 13.1 Å². The highest BCUT2D eigenvalue weighted by Gasteiger charge is 2.43. The molecular weight excluding hydrogens is 392 g/mol. The molecule has 1 aliphatic carbocycles. The summed E-state index contributed by atoms with van der Waals surface area (Å²) in [6.45, 7) is 1.72. The summed E-state index contributed by atoms with van der Waals surface area (Å²) in [5.74, 6) is 1.30. The number of aryl methyl sites for hydroxylation is 1. The van der Waals surface area contributed by atoms with Gasteiger partial charge < -0.3 is 19.3 Å². The first-order valence-corrected chi connectivity index (χ1v) is 10.4. The number of aliphatic hydroxyl groups is 1. The molecule has 29 heavy (non-hydrogen) atoms. The number of aromatic nitrogens is 1. The predicted molar refractivity (Wildman–Crippen MR) is 110 cm³/mol. The van der Waals surface area contributed by atoms with Crippen molar-refractivity contribution in [2.45, 2.75) is 38.0 Å². The smallest absolute Gasteiger partial charge is 0.250 e. The van der Waals surface area contributed by atoms with Crippen molar-refractivity contribution in [3.63, 3.8) is 0 Å². The van der Waals surface area contributed by atoms with Gasteiger partial charge in [-0.3, -0.25) is 9.59 Å². The largest absolute Gasteiger partial charge is 0.488 e. The van der Waals surface area contributed by atoms with Crippen LogP contribution < -0.4 is 10.3 Å². The Labute approximate surface area is 174 Å². The minimum absolute atomic E-state index is 0.0527. The zero-order valence-electron chi connectivity index (χ0n) is 16.1. The topological polar surface area (TPSA) is 71.8 Å². The number of hydrogen-bond donors (Lipinski definition) is 1. The molecule has 4 atom stereocenters. The zero-order valence-corrected chi connectivity index (χ0v) is 16.9. The molecule has 0 spiro atoms. The van der Waals surface area contributed by atoms with Gasteiger partial charge in [0.05, 0.1) is 6.10 Å². The molecule has 1 amide bonds. The van der Waals surface area contributed by atoms with Crippen LogP contribution in [0.1, 0.15) is 19.3 Å². The highest BCUT2D eigenvalue weighted by molar-refractivity contribution is 6.30. The quantitative estimate of drug-likeness (QED) is 0.813. The molecular formula is C22H25ClN2O4. The van der Waals surface area contributed by atoms with E-state index in [1.165, 1.54) is 6.07 Å². The number of ether oxygens (including phenoxy) is 1. The number of hydrogen-bond acceptors (Lipinski definition) is 4. The predicted octanol–water partition coefficient (Wildman–Crippen LogP) is 2.57. The van der Waals surface area contributed by atoms with E-state index < -0.39 is 6.10 Å². The fourth-order valence-electron chi connectivity index (χ4n) is 4.46. The molecule has 1 aromatic carbocycles. The Kier molecular flexibility index (Phi) is 5.92. The number of aliphatic hydroxyl groups excluding tert-OH is 1. The molecule has 1 saturated carbocycles. The van der Waals surface area contributed by atoms with E-state index in [0.29, 0.717) is 55.6 Å². The second-order valence-corrected chi connectivity index (χ2v) is 8.39. The molecule has 1 saturated heterocycles. The van der Waals surface area contributed by atoms with Crippen molar-refractivity contribution in [1.29, 1.82) is 0 Å². The normalized spacial score (nSPS) is 26.2. The summed E-state index contributed by atoms with van der Waals surface area (Å²) in [4.78, 5) is 26.3. The third-order valence-electron chi connectivity index (χ3n) is 5.99. The molecule has 0 bridgehead atoms. The molecule has 1 aromatic heterocycles. The number of carbonyl (C=O) groups is 1. The average Bonchev–Trinajstić information content (AvgIpc) is 3.10. The van der Waals surface area contributed by atoms with Crippen LogP contribution in [0.2, 0.25) is 5.02 Å². The number of halogens is 1. The second kappa shape index (κ2) is 8.59. The maximum absolute atomic E-state index is 12.7. The summed E-state index contributed by atoms with van der Waals surface area (Å²) < 4.78 is 7.55. The minimum Gasteiger partial charge on any atom is -0.488 e. The Morgan fingerprint density at radius 3 is 2.69 bits per heavy atom. The van der Waals surface area contributed by atoms with E-state index in [4.69, 9.17) is 16.3 Å². The maximum Gasteiger partial charge on any atom is 0.250 e. The first kappa shape index (κ1) is 20.0. The van der Waals surface area contributed by atoms with Crippen LogP contribution in [0.25, 0.3) is 0 Å². The van der Waals surface area contributed by atoms with Crippen molar-refractivity contribution in [1.82, 2.24) is 9.47 Å². The number of rotatable bonds is 5. The lowest BCUT2D eigenvalue weighted by Crippen LogP contribution is -2.42. The number of nitrogens with zero attached hydrogens (tertiary/aromatic N) is 2. The van der Waals surface area contributed by atoms with Crippen molar-refractivity contribution in [2.24, 2.45) is 11.8 Å². The maximum atomic E-state index is 12.7. The highest BCUT2D eigenvalue weighted by atomic mass is 35.5. The molecule has 154 valence electrons. The minimum atomic E-state index is -0.562. The van der Waals surface area contributed by atoms with Gasteiger partial charge in [0.15, 0.2) is 0 Å². The number of likely N-dealkylation sites (tertiary alicyclic amines) is 1. The molecule has 0 unspecified atom stereocenters. The van der Waals surface area contributed by atoms with Gasteiger partial charge in [0.25, 0.3) is 5.56 Å². The lowest BCUT2D eigenvalue weighted by Gasteiger charge is -2.35. The van der Waals surface area contributed by atoms with Gasteiger partial charge in [-0.25, -0.2) is 0 Å². The summed E-state index contributed by atoms with van der Waals surface area (Å²) in [6.07, 6.45) is 2.47. The van der Waals surface area contributed by atoms with Gasteiger partial charge in [0, 0.05) is 43.3 Å². The summed E-state index contributed by atoms with van der Waals surface area (Å²) in [5, 5.41) is 11.2. The first-order chi connectivity index (χ1) is 14.0. The van der Waals surface area contributed by atoms with Gasteiger partial charge in [-0.2, -0.15) is 0 Å². The lowest BCUT2D eigenvalue weighted by molar-refractivity contribution is -0.130.